The molecule has 0 bridgehead atoms. The van der Waals surface area contributed by atoms with Crippen LogP contribution in [0.1, 0.15) is 28.9 Å². The predicted molar refractivity (Wildman–Crippen MR) is 108 cm³/mol. The van der Waals surface area contributed by atoms with Crippen LogP contribution >= 0.6 is 0 Å². The average Bonchev–Trinajstić information content (AvgIpc) is 2.76. The summed E-state index contributed by atoms with van der Waals surface area (Å²) in [7, 11) is 1.43. The highest BCUT2D eigenvalue weighted by Gasteiger charge is 2.26. The van der Waals surface area contributed by atoms with Crippen LogP contribution in [-0.2, 0) is 14.3 Å². The van der Waals surface area contributed by atoms with Gasteiger partial charge < -0.3 is 20.1 Å². The van der Waals surface area contributed by atoms with Crippen LogP contribution in [0.15, 0.2) is 54.6 Å². The Bertz CT molecular complexity index is 901. The molecule has 3 N–H and O–H groups in total. The zero-order valence-corrected chi connectivity index (χ0v) is 16.6. The minimum absolute atomic E-state index is 0.251. The molecule has 9 nitrogen and oxygen atoms in total. The van der Waals surface area contributed by atoms with Gasteiger partial charge in [-0.15, -0.1) is 0 Å². The Kier molecular flexibility index (Phi) is 8.37. The number of nitrogens with one attached hydrogen (secondary N) is 3. The molecule has 0 aliphatic heterocycles. The number of imide groups is 1. The van der Waals surface area contributed by atoms with Crippen molar-refractivity contribution in [2.75, 3.05) is 20.2 Å². The fraction of sp³-hybridized carbons (Fsp3) is 0.238. The summed E-state index contributed by atoms with van der Waals surface area (Å²) >= 11 is 0. The number of para-hydroxylation sites is 1. The third-order valence-corrected chi connectivity index (χ3v) is 3.91. The smallest absolute Gasteiger partial charge is 0.326 e. The molecule has 158 valence electrons. The monoisotopic (exact) mass is 413 g/mol. The largest absolute Gasteiger partial charge is 0.496 e. The maximum absolute atomic E-state index is 12.5. The molecular formula is C21H23N3O6. The Morgan fingerprint density at radius 1 is 0.933 bits per heavy atom. The molecule has 0 fully saturated rings. The molecule has 0 unspecified atom stereocenters. The molecule has 2 aromatic carbocycles. The molecule has 30 heavy (non-hydrogen) atoms. The third kappa shape index (κ3) is 6.33. The molecule has 0 radical (unpaired) electrons. The van der Waals surface area contributed by atoms with Crippen molar-refractivity contribution in [1.82, 2.24) is 16.0 Å². The SMILES string of the molecule is CCNC(=O)NC(=O)[C@H](OC(=O)CNC(=O)c1ccccc1OC)c1ccccc1. The van der Waals surface area contributed by atoms with Crippen LogP contribution in [0.4, 0.5) is 4.79 Å². The second-order valence-corrected chi connectivity index (χ2v) is 6.01. The molecule has 0 saturated heterocycles. The molecule has 0 heterocycles. The number of urea groups is 1. The van der Waals surface area contributed by atoms with Crippen molar-refractivity contribution in [2.24, 2.45) is 0 Å². The van der Waals surface area contributed by atoms with Crippen molar-refractivity contribution in [3.05, 3.63) is 65.7 Å². The molecule has 0 aliphatic carbocycles. The minimum Gasteiger partial charge on any atom is -0.496 e. The van der Waals surface area contributed by atoms with Gasteiger partial charge in [0, 0.05) is 12.1 Å². The Labute approximate surface area is 173 Å². The van der Waals surface area contributed by atoms with Crippen molar-refractivity contribution in [3.63, 3.8) is 0 Å². The Morgan fingerprint density at radius 3 is 2.27 bits per heavy atom. The Hall–Kier alpha value is -3.88. The molecule has 1 atom stereocenters. The number of hydrogen-bond donors (Lipinski definition) is 3. The van der Waals surface area contributed by atoms with Crippen LogP contribution in [0.5, 0.6) is 5.75 Å². The number of amides is 4. The molecule has 0 aliphatic rings. The highest BCUT2D eigenvalue weighted by atomic mass is 16.5. The summed E-state index contributed by atoms with van der Waals surface area (Å²) < 4.78 is 10.4. The van der Waals surface area contributed by atoms with Gasteiger partial charge in [-0.2, -0.15) is 0 Å². The summed E-state index contributed by atoms with van der Waals surface area (Å²) in [5, 5.41) is 6.97. The van der Waals surface area contributed by atoms with E-state index in [2.05, 4.69) is 16.0 Å². The lowest BCUT2D eigenvalue weighted by atomic mass is 10.1. The first kappa shape index (κ1) is 22.4. The van der Waals surface area contributed by atoms with Crippen LogP contribution in [0.2, 0.25) is 0 Å². The van der Waals surface area contributed by atoms with Gasteiger partial charge in [-0.3, -0.25) is 19.7 Å². The number of benzene rings is 2. The summed E-state index contributed by atoms with van der Waals surface area (Å²) in [6.07, 6.45) is -1.36. The normalized spacial score (nSPS) is 11.0. The van der Waals surface area contributed by atoms with E-state index in [-0.39, 0.29) is 5.56 Å². The van der Waals surface area contributed by atoms with Crippen LogP contribution in [-0.4, -0.2) is 44.0 Å². The zero-order chi connectivity index (χ0) is 21.9. The number of methoxy groups -OCH3 is 1. The number of esters is 1. The van der Waals surface area contributed by atoms with Crippen molar-refractivity contribution < 1.29 is 28.7 Å². The van der Waals surface area contributed by atoms with Gasteiger partial charge in [-0.05, 0) is 19.1 Å². The second kappa shape index (κ2) is 11.2. The Balaban J connectivity index is 2.04. The first-order valence-electron chi connectivity index (χ1n) is 9.20. The van der Waals surface area contributed by atoms with Gasteiger partial charge in [0.1, 0.15) is 12.3 Å². The number of rotatable bonds is 8. The van der Waals surface area contributed by atoms with Crippen LogP contribution in [0.25, 0.3) is 0 Å². The molecule has 2 rings (SSSR count). The van der Waals surface area contributed by atoms with Crippen LogP contribution < -0.4 is 20.7 Å². The Morgan fingerprint density at radius 2 is 1.60 bits per heavy atom. The van der Waals surface area contributed by atoms with Gasteiger partial charge in [-0.1, -0.05) is 42.5 Å². The van der Waals surface area contributed by atoms with E-state index in [1.807, 2.05) is 0 Å². The summed E-state index contributed by atoms with van der Waals surface area (Å²) in [6, 6.07) is 14.1. The number of carbonyl (C=O) groups excluding carboxylic acids is 4. The quantitative estimate of drug-likeness (QED) is 0.565. The van der Waals surface area contributed by atoms with E-state index >= 15 is 0 Å². The van der Waals surface area contributed by atoms with E-state index in [1.54, 1.807) is 61.5 Å². The van der Waals surface area contributed by atoms with E-state index in [0.29, 0.717) is 17.9 Å². The molecule has 9 heteroatoms. The number of carbonyl (C=O) groups is 4. The highest BCUT2D eigenvalue weighted by molar-refractivity contribution is 5.99. The van der Waals surface area contributed by atoms with Crippen molar-refractivity contribution >= 4 is 23.8 Å². The molecule has 0 spiro atoms. The molecular weight excluding hydrogens is 390 g/mol. The van der Waals surface area contributed by atoms with Crippen molar-refractivity contribution in [2.45, 2.75) is 13.0 Å². The lowest BCUT2D eigenvalue weighted by Crippen LogP contribution is -2.43. The summed E-state index contributed by atoms with van der Waals surface area (Å²) in [6.45, 7) is 1.54. The first-order chi connectivity index (χ1) is 14.5. The summed E-state index contributed by atoms with van der Waals surface area (Å²) in [5.41, 5.74) is 0.630. The topological polar surface area (TPSA) is 123 Å². The van der Waals surface area contributed by atoms with Gasteiger partial charge >= 0.3 is 12.0 Å². The molecule has 2 aromatic rings. The average molecular weight is 413 g/mol. The van der Waals surface area contributed by atoms with Crippen molar-refractivity contribution in [3.8, 4) is 5.75 Å². The van der Waals surface area contributed by atoms with E-state index in [4.69, 9.17) is 9.47 Å². The van der Waals surface area contributed by atoms with Crippen LogP contribution in [0, 0.1) is 0 Å². The maximum atomic E-state index is 12.5. The van der Waals surface area contributed by atoms with Gasteiger partial charge in [-0.25, -0.2) is 4.79 Å². The summed E-state index contributed by atoms with van der Waals surface area (Å²) in [4.78, 5) is 48.7. The maximum Gasteiger partial charge on any atom is 0.326 e. The highest BCUT2D eigenvalue weighted by Crippen LogP contribution is 2.18. The van der Waals surface area contributed by atoms with Gasteiger partial charge in [0.2, 0.25) is 6.10 Å². The fourth-order valence-corrected chi connectivity index (χ4v) is 2.54. The van der Waals surface area contributed by atoms with Crippen molar-refractivity contribution in [1.29, 1.82) is 0 Å². The third-order valence-electron chi connectivity index (χ3n) is 3.91. The molecule has 0 saturated carbocycles. The molecule has 0 aromatic heterocycles. The molecule has 4 amide bonds. The summed E-state index contributed by atoms with van der Waals surface area (Å²) in [5.74, 6) is -1.84. The number of ether oxygens (including phenoxy) is 2. The first-order valence-corrected chi connectivity index (χ1v) is 9.20. The van der Waals surface area contributed by atoms with E-state index < -0.39 is 36.5 Å². The number of hydrogen-bond acceptors (Lipinski definition) is 6. The predicted octanol–water partition coefficient (Wildman–Crippen LogP) is 1.56. The second-order valence-electron chi connectivity index (χ2n) is 6.01. The zero-order valence-electron chi connectivity index (χ0n) is 16.6. The lowest BCUT2D eigenvalue weighted by Gasteiger charge is -2.18. The van der Waals surface area contributed by atoms with Crippen LogP contribution in [0.3, 0.4) is 0 Å². The van der Waals surface area contributed by atoms with Gasteiger partial charge in [0.25, 0.3) is 11.8 Å². The lowest BCUT2D eigenvalue weighted by molar-refractivity contribution is -0.155. The minimum atomic E-state index is -1.36. The van der Waals surface area contributed by atoms with E-state index in [1.165, 1.54) is 7.11 Å². The van der Waals surface area contributed by atoms with Gasteiger partial charge in [0.15, 0.2) is 0 Å². The fourth-order valence-electron chi connectivity index (χ4n) is 2.54. The standard InChI is InChI=1S/C21H23N3O6/c1-3-22-21(28)24-20(27)18(14-9-5-4-6-10-14)30-17(25)13-23-19(26)15-11-7-8-12-16(15)29-2/h4-12,18H,3,13H2,1-2H3,(H,23,26)(H2,22,24,27,28)/t18-/m1/s1. The van der Waals surface area contributed by atoms with Gasteiger partial charge in [0.05, 0.1) is 12.7 Å². The van der Waals surface area contributed by atoms with E-state index in [9.17, 15) is 19.2 Å². The van der Waals surface area contributed by atoms with E-state index in [0.717, 1.165) is 0 Å².